The fourth-order valence-corrected chi connectivity index (χ4v) is 1.89. The van der Waals surface area contributed by atoms with Gasteiger partial charge in [-0.15, -0.1) is 0 Å². The van der Waals surface area contributed by atoms with E-state index in [-0.39, 0.29) is 5.41 Å². The van der Waals surface area contributed by atoms with E-state index in [1.54, 1.807) is 0 Å². The molecule has 0 saturated heterocycles. The van der Waals surface area contributed by atoms with Crippen molar-refractivity contribution >= 4 is 12.6 Å². The topological polar surface area (TPSA) is 29.5 Å². The Balaban J connectivity index is 2.44. The number of benzene rings is 1. The predicted octanol–water partition coefficient (Wildman–Crippen LogP) is 1.24. The summed E-state index contributed by atoms with van der Waals surface area (Å²) in [7, 11) is -0.740. The van der Waals surface area contributed by atoms with Gasteiger partial charge in [0.2, 0.25) is 0 Å². The van der Waals surface area contributed by atoms with Gasteiger partial charge in [-0.2, -0.15) is 0 Å². The lowest BCUT2D eigenvalue weighted by molar-refractivity contribution is 0.266. The molecule has 0 spiro atoms. The maximum absolute atomic E-state index is 9.73. The van der Waals surface area contributed by atoms with E-state index < -0.39 is 7.12 Å². The van der Waals surface area contributed by atoms with Crippen LogP contribution in [0.25, 0.3) is 0 Å². The summed E-state index contributed by atoms with van der Waals surface area (Å²) in [5.41, 5.74) is 3.51. The average Bonchev–Trinajstić information content (AvgIpc) is 2.16. The number of rotatable bonds is 0. The lowest BCUT2D eigenvalue weighted by Crippen LogP contribution is -2.41. The zero-order valence-electron chi connectivity index (χ0n) is 9.58. The van der Waals surface area contributed by atoms with Crippen molar-refractivity contribution in [2.45, 2.75) is 32.6 Å². The molecule has 0 fully saturated rings. The third kappa shape index (κ3) is 2.08. The van der Waals surface area contributed by atoms with Crippen LogP contribution in [0.4, 0.5) is 0 Å². The minimum absolute atomic E-state index is 0.117. The van der Waals surface area contributed by atoms with Crippen LogP contribution in [-0.4, -0.2) is 18.7 Å². The molecule has 0 atom stereocenters. The molecule has 3 heteroatoms. The monoisotopic (exact) mass is 204 g/mol. The summed E-state index contributed by atoms with van der Waals surface area (Å²) in [6.45, 7) is 7.13. The van der Waals surface area contributed by atoms with Crippen LogP contribution in [0.3, 0.4) is 0 Å². The van der Waals surface area contributed by atoms with Crippen LogP contribution in [0.15, 0.2) is 18.2 Å². The highest BCUT2D eigenvalue weighted by Crippen LogP contribution is 2.22. The summed E-state index contributed by atoms with van der Waals surface area (Å²) in [6.07, 6.45) is 0.900. The Hall–Kier alpha value is -0.795. The average molecular weight is 204 g/mol. The third-order valence-electron chi connectivity index (χ3n) is 2.93. The van der Waals surface area contributed by atoms with Crippen LogP contribution in [-0.2, 0) is 16.5 Å². The first-order chi connectivity index (χ1) is 6.98. The third-order valence-corrected chi connectivity index (χ3v) is 2.93. The minimum atomic E-state index is -0.740. The van der Waals surface area contributed by atoms with Gasteiger partial charge in [0.05, 0.1) is 0 Å². The predicted molar refractivity (Wildman–Crippen MR) is 62.4 cm³/mol. The molecule has 0 aliphatic carbocycles. The molecule has 1 aromatic rings. The van der Waals surface area contributed by atoms with Gasteiger partial charge in [0.1, 0.15) is 0 Å². The Bertz CT molecular complexity index is 368. The lowest BCUT2D eigenvalue weighted by Gasteiger charge is -2.24. The van der Waals surface area contributed by atoms with Crippen molar-refractivity contribution in [3.8, 4) is 0 Å². The van der Waals surface area contributed by atoms with E-state index in [1.807, 2.05) is 0 Å². The Labute approximate surface area is 91.4 Å². The second kappa shape index (κ2) is 3.65. The van der Waals surface area contributed by atoms with Crippen molar-refractivity contribution in [2.24, 2.45) is 0 Å². The molecule has 0 bridgehead atoms. The molecule has 0 radical (unpaired) electrons. The van der Waals surface area contributed by atoms with Crippen molar-refractivity contribution < 1.29 is 9.68 Å². The van der Waals surface area contributed by atoms with Crippen molar-refractivity contribution in [1.29, 1.82) is 0 Å². The highest BCUT2D eigenvalue weighted by atomic mass is 16.5. The summed E-state index contributed by atoms with van der Waals surface area (Å²) in [5, 5.41) is 9.73. The zero-order valence-corrected chi connectivity index (χ0v) is 9.58. The maximum atomic E-state index is 9.73. The van der Waals surface area contributed by atoms with Crippen molar-refractivity contribution in [3.63, 3.8) is 0 Å². The van der Waals surface area contributed by atoms with Gasteiger partial charge >= 0.3 is 7.12 Å². The van der Waals surface area contributed by atoms with E-state index in [9.17, 15) is 5.02 Å². The second-order valence-electron chi connectivity index (χ2n) is 5.14. The Morgan fingerprint density at radius 3 is 2.73 bits per heavy atom. The summed E-state index contributed by atoms with van der Waals surface area (Å²) in [5.74, 6) is 0. The van der Waals surface area contributed by atoms with Gasteiger partial charge in [-0.05, 0) is 28.4 Å². The van der Waals surface area contributed by atoms with Crippen molar-refractivity contribution in [3.05, 3.63) is 29.3 Å². The fraction of sp³-hybridized carbons (Fsp3) is 0.500. The molecule has 1 heterocycles. The quantitative estimate of drug-likeness (QED) is 0.644. The molecule has 0 amide bonds. The van der Waals surface area contributed by atoms with Crippen LogP contribution in [0.1, 0.15) is 31.9 Å². The molecule has 0 unspecified atom stereocenters. The zero-order chi connectivity index (χ0) is 11.1. The number of fused-ring (bicyclic) bond motifs is 1. The van der Waals surface area contributed by atoms with Crippen LogP contribution >= 0.6 is 0 Å². The molecule has 0 saturated carbocycles. The molecule has 1 aromatic carbocycles. The van der Waals surface area contributed by atoms with E-state index in [0.29, 0.717) is 6.61 Å². The maximum Gasteiger partial charge on any atom is 0.491 e. The van der Waals surface area contributed by atoms with Gasteiger partial charge in [0.25, 0.3) is 0 Å². The summed E-state index contributed by atoms with van der Waals surface area (Å²) >= 11 is 0. The normalized spacial score (nSPS) is 16.4. The second-order valence-corrected chi connectivity index (χ2v) is 5.14. The standard InChI is InChI=1S/C12H17BO2/c1-12(2,3)10-5-4-9-6-7-15-13(14)11(9)8-10/h4-5,8,14H,6-7H2,1-3H3. The molecule has 15 heavy (non-hydrogen) atoms. The molecule has 2 nitrogen and oxygen atoms in total. The minimum Gasteiger partial charge on any atom is -0.423 e. The number of hydrogen-bond donors (Lipinski definition) is 1. The van der Waals surface area contributed by atoms with Gasteiger partial charge in [0.15, 0.2) is 0 Å². The SMILES string of the molecule is CC(C)(C)c1ccc2c(c1)B(O)OCC2. The first-order valence-corrected chi connectivity index (χ1v) is 5.41. The Morgan fingerprint density at radius 1 is 1.33 bits per heavy atom. The van der Waals surface area contributed by atoms with Crippen LogP contribution in [0.2, 0.25) is 0 Å². The van der Waals surface area contributed by atoms with E-state index in [4.69, 9.17) is 4.65 Å². The lowest BCUT2D eigenvalue weighted by atomic mass is 9.71. The fourth-order valence-electron chi connectivity index (χ4n) is 1.89. The van der Waals surface area contributed by atoms with Crippen molar-refractivity contribution in [2.75, 3.05) is 6.61 Å². The van der Waals surface area contributed by atoms with Gasteiger partial charge in [-0.1, -0.05) is 39.0 Å². The number of hydrogen-bond acceptors (Lipinski definition) is 2. The molecular weight excluding hydrogens is 187 g/mol. The molecule has 2 rings (SSSR count). The summed E-state index contributed by atoms with van der Waals surface area (Å²) in [4.78, 5) is 0. The summed E-state index contributed by atoms with van der Waals surface area (Å²) < 4.78 is 5.23. The van der Waals surface area contributed by atoms with Gasteiger partial charge in [0, 0.05) is 6.61 Å². The molecule has 1 aliphatic rings. The highest BCUT2D eigenvalue weighted by Gasteiger charge is 2.26. The first kappa shape index (κ1) is 10.7. The van der Waals surface area contributed by atoms with Crippen LogP contribution in [0, 0.1) is 0 Å². The largest absolute Gasteiger partial charge is 0.491 e. The van der Waals surface area contributed by atoms with Crippen molar-refractivity contribution in [1.82, 2.24) is 0 Å². The molecule has 80 valence electrons. The smallest absolute Gasteiger partial charge is 0.423 e. The molecule has 1 aliphatic heterocycles. The van der Waals surface area contributed by atoms with E-state index in [0.717, 1.165) is 11.9 Å². The van der Waals surface area contributed by atoms with Gasteiger partial charge in [-0.3, -0.25) is 0 Å². The van der Waals surface area contributed by atoms with E-state index >= 15 is 0 Å². The van der Waals surface area contributed by atoms with Gasteiger partial charge < -0.3 is 9.68 Å². The van der Waals surface area contributed by atoms with E-state index in [2.05, 4.69) is 39.0 Å². The molecule has 0 aromatic heterocycles. The van der Waals surface area contributed by atoms with Crippen LogP contribution < -0.4 is 5.46 Å². The Morgan fingerprint density at radius 2 is 2.07 bits per heavy atom. The van der Waals surface area contributed by atoms with E-state index in [1.165, 1.54) is 11.1 Å². The van der Waals surface area contributed by atoms with Gasteiger partial charge in [-0.25, -0.2) is 0 Å². The highest BCUT2D eigenvalue weighted by molar-refractivity contribution is 6.60. The Kier molecular flexibility index (Phi) is 2.61. The summed E-state index contributed by atoms with van der Waals surface area (Å²) in [6, 6.07) is 6.33. The molecular formula is C12H17BO2. The van der Waals surface area contributed by atoms with Crippen LogP contribution in [0.5, 0.6) is 0 Å². The first-order valence-electron chi connectivity index (χ1n) is 5.41. The molecule has 1 N–H and O–H groups in total.